The van der Waals surface area contributed by atoms with Gasteiger partial charge in [0.15, 0.2) is 29.7 Å². The zero-order chi connectivity index (χ0) is 30.6. The van der Waals surface area contributed by atoms with Crippen molar-refractivity contribution in [3.8, 4) is 11.5 Å². The molecular weight excluding hydrogens is 552 g/mol. The van der Waals surface area contributed by atoms with Gasteiger partial charge in [0, 0.05) is 47.0 Å². The van der Waals surface area contributed by atoms with Gasteiger partial charge in [-0.15, -0.1) is 0 Å². The normalized spacial score (nSPS) is 19.6. The van der Waals surface area contributed by atoms with Crippen LogP contribution in [-0.4, -0.2) is 31.2 Å². The summed E-state index contributed by atoms with van der Waals surface area (Å²) in [4.78, 5) is 40.0. The predicted octanol–water partition coefficient (Wildman–Crippen LogP) is 6.96. The van der Waals surface area contributed by atoms with Gasteiger partial charge in [-0.1, -0.05) is 57.0 Å². The van der Waals surface area contributed by atoms with Gasteiger partial charge in [-0.2, -0.15) is 0 Å². The third-order valence-electron chi connectivity index (χ3n) is 8.31. The van der Waals surface area contributed by atoms with Crippen LogP contribution in [0.5, 0.6) is 11.5 Å². The molecule has 2 aromatic rings. The van der Waals surface area contributed by atoms with Gasteiger partial charge in [-0.25, -0.2) is 0 Å². The molecule has 7 nitrogen and oxygen atoms in total. The van der Waals surface area contributed by atoms with Crippen molar-refractivity contribution in [2.24, 2.45) is 10.8 Å². The lowest BCUT2D eigenvalue weighted by atomic mass is 9.64. The van der Waals surface area contributed by atoms with E-state index in [4.69, 9.17) is 21.1 Å². The molecule has 0 radical (unpaired) electrons. The lowest BCUT2D eigenvalue weighted by Gasteiger charge is -2.44. The van der Waals surface area contributed by atoms with Crippen molar-refractivity contribution in [3.05, 3.63) is 74.6 Å². The molecule has 0 spiro atoms. The van der Waals surface area contributed by atoms with Gasteiger partial charge >= 0.3 is 0 Å². The lowest BCUT2D eigenvalue weighted by molar-refractivity contribution is -0.119. The molecule has 0 saturated carbocycles. The highest BCUT2D eigenvalue weighted by Gasteiger charge is 2.46. The number of amides is 1. The van der Waals surface area contributed by atoms with Gasteiger partial charge in [-0.3, -0.25) is 14.4 Å². The summed E-state index contributed by atoms with van der Waals surface area (Å²) in [5.41, 5.74) is 6.09. The number of methoxy groups -OCH3 is 1. The van der Waals surface area contributed by atoms with E-state index >= 15 is 0 Å². The molecule has 8 heteroatoms. The Balaban J connectivity index is 1.49. The molecule has 1 heterocycles. The standard InChI is InChI=1S/C34H39ClN2O5/c1-18-8-9-22(19(2)10-18)37-28(40)17-42-32-21(35)11-20(12-27(32)41-7)29-30-23(13-33(3,4)15-25(30)38)36-24-14-34(5,6)16-26(39)31(24)29/h8-12,29,36H,13-17H2,1-7H3,(H,37,40). The number of carbonyl (C=O) groups excluding carboxylic acids is 3. The number of hydrogen-bond donors (Lipinski definition) is 2. The van der Waals surface area contributed by atoms with E-state index < -0.39 is 5.92 Å². The van der Waals surface area contributed by atoms with E-state index in [1.54, 1.807) is 12.1 Å². The number of aryl methyl sites for hydroxylation is 2. The van der Waals surface area contributed by atoms with Crippen LogP contribution in [0.25, 0.3) is 0 Å². The van der Waals surface area contributed by atoms with Gasteiger partial charge in [0.1, 0.15) is 0 Å². The van der Waals surface area contributed by atoms with Crippen LogP contribution in [-0.2, 0) is 14.4 Å². The van der Waals surface area contributed by atoms with E-state index in [1.165, 1.54) is 7.11 Å². The minimum atomic E-state index is -0.559. The third kappa shape index (κ3) is 5.84. The highest BCUT2D eigenvalue weighted by molar-refractivity contribution is 6.32. The molecule has 42 heavy (non-hydrogen) atoms. The van der Waals surface area contributed by atoms with Crippen molar-refractivity contribution in [2.75, 3.05) is 19.0 Å². The number of rotatable bonds is 6. The summed E-state index contributed by atoms with van der Waals surface area (Å²) in [7, 11) is 1.50. The molecule has 1 amide bonds. The zero-order valence-corrected chi connectivity index (χ0v) is 26.2. The second-order valence-electron chi connectivity index (χ2n) is 13.4. The van der Waals surface area contributed by atoms with Crippen LogP contribution >= 0.6 is 11.6 Å². The van der Waals surface area contributed by atoms with Crippen molar-refractivity contribution in [2.45, 2.75) is 73.1 Å². The molecule has 0 bridgehead atoms. The van der Waals surface area contributed by atoms with Crippen molar-refractivity contribution >= 4 is 34.8 Å². The molecule has 0 saturated heterocycles. The largest absolute Gasteiger partial charge is 0.493 e. The molecular formula is C34H39ClN2O5. The zero-order valence-electron chi connectivity index (χ0n) is 25.4. The number of allylic oxidation sites excluding steroid dienone is 4. The average Bonchev–Trinajstić information content (AvgIpc) is 2.86. The molecule has 3 aliphatic rings. The lowest BCUT2D eigenvalue weighted by Crippen LogP contribution is -2.42. The molecule has 0 aromatic heterocycles. The van der Waals surface area contributed by atoms with Crippen LogP contribution in [0, 0.1) is 24.7 Å². The molecule has 2 aromatic carbocycles. The molecule has 1 aliphatic heterocycles. The van der Waals surface area contributed by atoms with E-state index in [-0.39, 0.29) is 45.7 Å². The van der Waals surface area contributed by atoms with E-state index in [0.717, 1.165) is 22.5 Å². The highest BCUT2D eigenvalue weighted by Crippen LogP contribution is 2.52. The second kappa shape index (κ2) is 10.9. The Labute approximate surface area is 252 Å². The van der Waals surface area contributed by atoms with Gasteiger partial charge in [0.2, 0.25) is 0 Å². The van der Waals surface area contributed by atoms with Crippen LogP contribution < -0.4 is 20.1 Å². The number of ether oxygens (including phenoxy) is 2. The average molecular weight is 591 g/mol. The van der Waals surface area contributed by atoms with Crippen molar-refractivity contribution in [1.29, 1.82) is 0 Å². The molecule has 5 rings (SSSR count). The molecule has 0 atom stereocenters. The third-order valence-corrected chi connectivity index (χ3v) is 8.59. The topological polar surface area (TPSA) is 93.7 Å². The minimum absolute atomic E-state index is 0.0291. The number of nitrogens with one attached hydrogen (secondary N) is 2. The minimum Gasteiger partial charge on any atom is -0.493 e. The van der Waals surface area contributed by atoms with Gasteiger partial charge in [-0.05, 0) is 66.8 Å². The first kappa shape index (κ1) is 29.9. The molecule has 2 aliphatic carbocycles. The number of halogens is 1. The van der Waals surface area contributed by atoms with E-state index in [0.29, 0.717) is 53.8 Å². The maximum atomic E-state index is 13.6. The smallest absolute Gasteiger partial charge is 0.262 e. The monoisotopic (exact) mass is 590 g/mol. The first-order chi connectivity index (χ1) is 19.7. The Bertz CT molecular complexity index is 1510. The fourth-order valence-corrected chi connectivity index (χ4v) is 6.82. The quantitative estimate of drug-likeness (QED) is 0.378. The summed E-state index contributed by atoms with van der Waals surface area (Å²) < 4.78 is 11.5. The van der Waals surface area contributed by atoms with E-state index in [2.05, 4.69) is 38.3 Å². The van der Waals surface area contributed by atoms with Crippen LogP contribution in [0.15, 0.2) is 52.9 Å². The van der Waals surface area contributed by atoms with Gasteiger partial charge < -0.3 is 20.1 Å². The maximum absolute atomic E-state index is 13.6. The molecule has 0 fully saturated rings. The number of dihydropyridines is 1. The Kier molecular flexibility index (Phi) is 7.77. The highest BCUT2D eigenvalue weighted by atomic mass is 35.5. The van der Waals surface area contributed by atoms with Crippen LogP contribution in [0.1, 0.15) is 76.0 Å². The number of benzene rings is 2. The molecule has 222 valence electrons. The summed E-state index contributed by atoms with van der Waals surface area (Å²) >= 11 is 6.78. The van der Waals surface area contributed by atoms with Crippen LogP contribution in [0.3, 0.4) is 0 Å². The summed E-state index contributed by atoms with van der Waals surface area (Å²) in [5, 5.41) is 6.63. The Hall–Kier alpha value is -3.58. The van der Waals surface area contributed by atoms with Crippen molar-refractivity contribution in [3.63, 3.8) is 0 Å². The Morgan fingerprint density at radius 1 is 0.952 bits per heavy atom. The Morgan fingerprint density at radius 3 is 2.10 bits per heavy atom. The number of carbonyl (C=O) groups is 3. The van der Waals surface area contributed by atoms with Crippen LogP contribution in [0.2, 0.25) is 5.02 Å². The summed E-state index contributed by atoms with van der Waals surface area (Å²) in [6, 6.07) is 9.28. The number of hydrogen-bond acceptors (Lipinski definition) is 6. The maximum Gasteiger partial charge on any atom is 0.262 e. The van der Waals surface area contributed by atoms with E-state index in [9.17, 15) is 14.4 Å². The van der Waals surface area contributed by atoms with Crippen molar-refractivity contribution in [1.82, 2.24) is 5.32 Å². The SMILES string of the molecule is COc1cc(C2C3=C(CC(C)(C)CC3=O)NC3=C2C(=O)CC(C)(C)C3)cc(Cl)c1OCC(=O)Nc1ccc(C)cc1C. The number of Topliss-reactive ketones (excluding diaryl/α,β-unsaturated/α-hetero) is 2. The molecule has 2 N–H and O–H groups in total. The summed E-state index contributed by atoms with van der Waals surface area (Å²) in [5.74, 6) is -0.285. The summed E-state index contributed by atoms with van der Waals surface area (Å²) in [6.07, 6.45) is 2.21. The van der Waals surface area contributed by atoms with Gasteiger partial charge in [0.05, 0.1) is 12.1 Å². The fraction of sp³-hybridized carbons (Fsp3) is 0.441. The van der Waals surface area contributed by atoms with Crippen LogP contribution in [0.4, 0.5) is 5.69 Å². The molecule has 0 unspecified atom stereocenters. The summed E-state index contributed by atoms with van der Waals surface area (Å²) in [6.45, 7) is 12.0. The van der Waals surface area contributed by atoms with Crippen molar-refractivity contribution < 1.29 is 23.9 Å². The fourth-order valence-electron chi connectivity index (χ4n) is 6.55. The predicted molar refractivity (Wildman–Crippen MR) is 164 cm³/mol. The second-order valence-corrected chi connectivity index (χ2v) is 13.8. The first-order valence-corrected chi connectivity index (χ1v) is 14.7. The Morgan fingerprint density at radius 2 is 1.55 bits per heavy atom. The van der Waals surface area contributed by atoms with Gasteiger partial charge in [0.25, 0.3) is 5.91 Å². The number of ketones is 2. The number of anilines is 1. The first-order valence-electron chi connectivity index (χ1n) is 14.3. The van der Waals surface area contributed by atoms with E-state index in [1.807, 2.05) is 32.0 Å².